The van der Waals surface area contributed by atoms with Crippen LogP contribution in [0, 0.1) is 5.92 Å². The van der Waals surface area contributed by atoms with E-state index in [1.54, 1.807) is 6.92 Å². The van der Waals surface area contributed by atoms with Crippen molar-refractivity contribution >= 4 is 14.8 Å². The Hall–Kier alpha value is -0.433. The maximum absolute atomic E-state index is 11.4. The van der Waals surface area contributed by atoms with Crippen LogP contribution in [0.3, 0.4) is 0 Å². The largest absolute Gasteiger partial charge is 0.501 e. The molecular formula is C11H24O5Si. The smallest absolute Gasteiger partial charge is 0.469 e. The molecule has 1 atom stereocenters. The van der Waals surface area contributed by atoms with E-state index in [1.165, 1.54) is 7.11 Å². The van der Waals surface area contributed by atoms with E-state index in [0.29, 0.717) is 25.9 Å². The van der Waals surface area contributed by atoms with Gasteiger partial charge in [-0.2, -0.15) is 0 Å². The number of carbonyl (C=O) groups is 1. The van der Waals surface area contributed by atoms with Gasteiger partial charge in [0.05, 0.1) is 13.0 Å². The second-order valence-corrected chi connectivity index (χ2v) is 6.25. The number of methoxy groups -OCH3 is 1. The van der Waals surface area contributed by atoms with Crippen molar-refractivity contribution in [3.05, 3.63) is 0 Å². The van der Waals surface area contributed by atoms with E-state index >= 15 is 0 Å². The minimum Gasteiger partial charge on any atom is -0.469 e. The molecule has 0 aromatic carbocycles. The monoisotopic (exact) mass is 264 g/mol. The molecule has 0 fully saturated rings. The Balaban J connectivity index is 4.68. The zero-order valence-corrected chi connectivity index (χ0v) is 12.4. The van der Waals surface area contributed by atoms with Gasteiger partial charge in [0.2, 0.25) is 0 Å². The molecule has 0 aromatic rings. The molecule has 17 heavy (non-hydrogen) atoms. The zero-order valence-electron chi connectivity index (χ0n) is 11.4. The van der Waals surface area contributed by atoms with Gasteiger partial charge in [0.15, 0.2) is 0 Å². The standard InChI is InChI=1S/C11H24O5Si/c1-6-14-17(15-7-2,16-8-3)9-10(4)11(12)13-5/h10H,6-9H2,1-5H3. The highest BCUT2D eigenvalue weighted by Crippen LogP contribution is 2.22. The van der Waals surface area contributed by atoms with Crippen LogP contribution in [0.4, 0.5) is 0 Å². The van der Waals surface area contributed by atoms with Gasteiger partial charge >= 0.3 is 14.8 Å². The molecule has 0 saturated heterocycles. The third-order valence-electron chi connectivity index (χ3n) is 2.25. The lowest BCUT2D eigenvalue weighted by Gasteiger charge is -2.29. The zero-order chi connectivity index (χ0) is 13.3. The molecule has 1 unspecified atom stereocenters. The van der Waals surface area contributed by atoms with E-state index in [1.807, 2.05) is 20.8 Å². The molecule has 0 N–H and O–H groups in total. The number of hydrogen-bond donors (Lipinski definition) is 0. The van der Waals surface area contributed by atoms with Crippen LogP contribution in [-0.2, 0) is 22.8 Å². The highest BCUT2D eigenvalue weighted by atomic mass is 28.4. The Kier molecular flexibility index (Phi) is 8.41. The third-order valence-corrected chi connectivity index (χ3v) is 5.55. The topological polar surface area (TPSA) is 54.0 Å². The van der Waals surface area contributed by atoms with Crippen LogP contribution in [0.1, 0.15) is 27.7 Å². The van der Waals surface area contributed by atoms with Crippen molar-refractivity contribution in [2.24, 2.45) is 5.92 Å². The maximum Gasteiger partial charge on any atom is 0.501 e. The van der Waals surface area contributed by atoms with Crippen LogP contribution < -0.4 is 0 Å². The number of esters is 1. The summed E-state index contributed by atoms with van der Waals surface area (Å²) in [5, 5.41) is 0. The van der Waals surface area contributed by atoms with Gasteiger partial charge in [0.1, 0.15) is 0 Å². The summed E-state index contributed by atoms with van der Waals surface area (Å²) >= 11 is 0. The number of rotatable bonds is 9. The normalized spacial score (nSPS) is 13.5. The van der Waals surface area contributed by atoms with E-state index < -0.39 is 8.80 Å². The van der Waals surface area contributed by atoms with E-state index in [4.69, 9.17) is 18.0 Å². The summed E-state index contributed by atoms with van der Waals surface area (Å²) in [5.74, 6) is -0.544. The highest BCUT2D eigenvalue weighted by Gasteiger charge is 2.43. The van der Waals surface area contributed by atoms with Gasteiger partial charge in [-0.05, 0) is 20.8 Å². The molecule has 0 saturated carbocycles. The number of hydrogen-bond acceptors (Lipinski definition) is 5. The summed E-state index contributed by atoms with van der Waals surface area (Å²) in [6, 6.07) is 0.454. The van der Waals surface area contributed by atoms with Crippen LogP contribution in [0.5, 0.6) is 0 Å². The fraction of sp³-hybridized carbons (Fsp3) is 0.909. The van der Waals surface area contributed by atoms with Gasteiger partial charge in [-0.25, -0.2) is 0 Å². The van der Waals surface area contributed by atoms with E-state index in [9.17, 15) is 4.79 Å². The molecular weight excluding hydrogens is 240 g/mol. The van der Waals surface area contributed by atoms with E-state index in [2.05, 4.69) is 0 Å². The summed E-state index contributed by atoms with van der Waals surface area (Å²) in [5.41, 5.74) is 0. The van der Waals surface area contributed by atoms with E-state index in [0.717, 1.165) is 0 Å². The molecule has 0 bridgehead atoms. The molecule has 0 radical (unpaired) electrons. The van der Waals surface area contributed by atoms with Crippen molar-refractivity contribution < 1.29 is 22.8 Å². The lowest BCUT2D eigenvalue weighted by atomic mass is 10.2. The van der Waals surface area contributed by atoms with Crippen LogP contribution in [0.15, 0.2) is 0 Å². The first-order chi connectivity index (χ1) is 8.05. The van der Waals surface area contributed by atoms with Crippen molar-refractivity contribution in [2.75, 3.05) is 26.9 Å². The second-order valence-electron chi connectivity index (χ2n) is 3.61. The summed E-state index contributed by atoms with van der Waals surface area (Å²) in [6.07, 6.45) is 0. The molecule has 0 rings (SSSR count). The summed E-state index contributed by atoms with van der Waals surface area (Å²) in [7, 11) is -1.36. The third kappa shape index (κ3) is 5.63. The first-order valence-electron chi connectivity index (χ1n) is 6.04. The second kappa shape index (κ2) is 8.63. The molecule has 6 heteroatoms. The maximum atomic E-state index is 11.4. The lowest BCUT2D eigenvalue weighted by Crippen LogP contribution is -2.48. The molecule has 0 aliphatic rings. The van der Waals surface area contributed by atoms with Gasteiger partial charge in [0, 0.05) is 25.9 Å². The van der Waals surface area contributed by atoms with E-state index in [-0.39, 0.29) is 11.9 Å². The molecule has 0 aliphatic carbocycles. The first-order valence-corrected chi connectivity index (χ1v) is 7.98. The minimum atomic E-state index is -2.74. The molecule has 0 amide bonds. The first kappa shape index (κ1) is 16.6. The van der Waals surface area contributed by atoms with Gasteiger partial charge < -0.3 is 18.0 Å². The van der Waals surface area contributed by atoms with Crippen LogP contribution in [-0.4, -0.2) is 41.7 Å². The minimum absolute atomic E-state index is 0.263. The predicted molar refractivity (Wildman–Crippen MR) is 66.6 cm³/mol. The average Bonchev–Trinajstić information content (AvgIpc) is 2.28. The van der Waals surface area contributed by atoms with Gasteiger partial charge in [-0.1, -0.05) is 6.92 Å². The molecule has 0 aliphatic heterocycles. The Morgan fingerprint density at radius 3 is 1.76 bits per heavy atom. The molecule has 0 heterocycles. The fourth-order valence-corrected chi connectivity index (χ4v) is 4.46. The summed E-state index contributed by atoms with van der Waals surface area (Å²) in [4.78, 5) is 11.4. The Morgan fingerprint density at radius 2 is 1.47 bits per heavy atom. The molecule has 5 nitrogen and oxygen atoms in total. The van der Waals surface area contributed by atoms with Crippen LogP contribution in [0.2, 0.25) is 6.04 Å². The number of ether oxygens (including phenoxy) is 1. The quantitative estimate of drug-likeness (QED) is 0.470. The molecule has 102 valence electrons. The van der Waals surface area contributed by atoms with Gasteiger partial charge in [0.25, 0.3) is 0 Å². The predicted octanol–water partition coefficient (Wildman–Crippen LogP) is 1.84. The number of carbonyl (C=O) groups excluding carboxylic acids is 1. The molecule has 0 aromatic heterocycles. The van der Waals surface area contributed by atoms with Crippen LogP contribution in [0.25, 0.3) is 0 Å². The van der Waals surface area contributed by atoms with Crippen molar-refractivity contribution in [1.82, 2.24) is 0 Å². The lowest BCUT2D eigenvalue weighted by molar-refractivity contribution is -0.144. The van der Waals surface area contributed by atoms with Crippen molar-refractivity contribution in [1.29, 1.82) is 0 Å². The Labute approximate surface area is 105 Å². The summed E-state index contributed by atoms with van der Waals surface area (Å²) < 4.78 is 21.7. The fourth-order valence-electron chi connectivity index (χ4n) is 1.62. The highest BCUT2D eigenvalue weighted by molar-refractivity contribution is 6.61. The Bertz CT molecular complexity index is 205. The van der Waals surface area contributed by atoms with Crippen molar-refractivity contribution in [2.45, 2.75) is 33.7 Å². The average molecular weight is 264 g/mol. The van der Waals surface area contributed by atoms with Crippen molar-refractivity contribution in [3.8, 4) is 0 Å². The van der Waals surface area contributed by atoms with Crippen molar-refractivity contribution in [3.63, 3.8) is 0 Å². The molecule has 0 spiro atoms. The van der Waals surface area contributed by atoms with Crippen LogP contribution >= 0.6 is 0 Å². The summed E-state index contributed by atoms with van der Waals surface area (Å²) in [6.45, 7) is 9.01. The SMILES string of the molecule is CCO[Si](CC(C)C(=O)OC)(OCC)OCC. The van der Waals surface area contributed by atoms with Gasteiger partial charge in [-0.15, -0.1) is 0 Å². The van der Waals surface area contributed by atoms with Gasteiger partial charge in [-0.3, -0.25) is 4.79 Å². The Morgan fingerprint density at radius 1 is 1.06 bits per heavy atom.